The molecule has 0 saturated carbocycles. The first-order chi connectivity index (χ1) is 13.9. The summed E-state index contributed by atoms with van der Waals surface area (Å²) in [6, 6.07) is 15.2. The molecule has 0 heterocycles. The predicted molar refractivity (Wildman–Crippen MR) is 122 cm³/mol. The fraction of sp³-hybridized carbons (Fsp3) is 0.391. The lowest BCUT2D eigenvalue weighted by atomic mass is 10.1. The Morgan fingerprint density at radius 2 is 1.69 bits per heavy atom. The lowest BCUT2D eigenvalue weighted by Crippen LogP contribution is -2.48. The first kappa shape index (κ1) is 23.3. The van der Waals surface area contributed by atoms with Crippen molar-refractivity contribution in [2.75, 3.05) is 12.3 Å². The highest BCUT2D eigenvalue weighted by molar-refractivity contribution is 7.99. The zero-order valence-electron chi connectivity index (χ0n) is 17.3. The predicted octanol–water partition coefficient (Wildman–Crippen LogP) is 4.83. The lowest BCUT2D eigenvalue weighted by molar-refractivity contribution is -0.138. The molecule has 0 aromatic heterocycles. The molecule has 1 N–H and O–H groups in total. The van der Waals surface area contributed by atoms with Crippen molar-refractivity contribution in [3.63, 3.8) is 0 Å². The molecule has 29 heavy (non-hydrogen) atoms. The van der Waals surface area contributed by atoms with Gasteiger partial charge in [0.1, 0.15) is 6.04 Å². The standard InChI is InChI=1S/C23H29ClN2O2S/c1-4-13-25-23(28)18(3)26(14-19-7-5-17(2)6-8-19)22(27)16-29-15-20-9-11-21(24)12-10-20/h5-12,18H,4,13-16H2,1-3H3,(H,25,28)/t18-/m0/s1. The van der Waals surface area contributed by atoms with E-state index in [1.165, 1.54) is 5.56 Å². The molecule has 2 aromatic rings. The average Bonchev–Trinajstić information content (AvgIpc) is 2.72. The largest absolute Gasteiger partial charge is 0.354 e. The van der Waals surface area contributed by atoms with E-state index in [0.717, 1.165) is 23.3 Å². The Morgan fingerprint density at radius 1 is 1.07 bits per heavy atom. The maximum absolute atomic E-state index is 13.0. The summed E-state index contributed by atoms with van der Waals surface area (Å²) in [6.07, 6.45) is 0.862. The number of hydrogen-bond acceptors (Lipinski definition) is 3. The Labute approximate surface area is 183 Å². The van der Waals surface area contributed by atoms with E-state index in [9.17, 15) is 9.59 Å². The Bertz CT molecular complexity index is 794. The van der Waals surface area contributed by atoms with Crippen molar-refractivity contribution >= 4 is 35.2 Å². The third kappa shape index (κ3) is 7.75. The second kappa shape index (κ2) is 11.9. The minimum absolute atomic E-state index is 0.0383. The molecule has 0 aliphatic rings. The third-order valence-corrected chi connectivity index (χ3v) is 5.84. The van der Waals surface area contributed by atoms with E-state index >= 15 is 0 Å². The number of amides is 2. The van der Waals surface area contributed by atoms with Gasteiger partial charge < -0.3 is 10.2 Å². The van der Waals surface area contributed by atoms with Crippen LogP contribution in [-0.4, -0.2) is 35.1 Å². The normalized spacial score (nSPS) is 11.7. The van der Waals surface area contributed by atoms with Crippen LogP contribution in [0.3, 0.4) is 0 Å². The first-order valence-corrected chi connectivity index (χ1v) is 11.4. The van der Waals surface area contributed by atoms with Crippen molar-refractivity contribution in [3.8, 4) is 0 Å². The molecule has 0 bridgehead atoms. The molecule has 0 saturated heterocycles. The molecular weight excluding hydrogens is 404 g/mol. The highest BCUT2D eigenvalue weighted by Crippen LogP contribution is 2.18. The molecule has 0 unspecified atom stereocenters. The van der Waals surface area contributed by atoms with Crippen LogP contribution in [-0.2, 0) is 21.9 Å². The topological polar surface area (TPSA) is 49.4 Å². The fourth-order valence-electron chi connectivity index (χ4n) is 2.79. The van der Waals surface area contributed by atoms with Gasteiger partial charge in [0.05, 0.1) is 5.75 Å². The Morgan fingerprint density at radius 3 is 2.31 bits per heavy atom. The number of halogens is 1. The minimum atomic E-state index is -0.522. The van der Waals surface area contributed by atoms with Crippen molar-refractivity contribution < 1.29 is 9.59 Å². The summed E-state index contributed by atoms with van der Waals surface area (Å²) in [6.45, 7) is 6.86. The van der Waals surface area contributed by atoms with Crippen LogP contribution in [0.1, 0.15) is 37.0 Å². The van der Waals surface area contributed by atoms with Gasteiger partial charge in [0.25, 0.3) is 0 Å². The van der Waals surface area contributed by atoms with Crippen LogP contribution in [0.5, 0.6) is 0 Å². The average molecular weight is 433 g/mol. The van der Waals surface area contributed by atoms with Gasteiger partial charge in [-0.25, -0.2) is 0 Å². The van der Waals surface area contributed by atoms with Gasteiger partial charge in [-0.1, -0.05) is 60.5 Å². The van der Waals surface area contributed by atoms with Gasteiger partial charge in [-0.3, -0.25) is 9.59 Å². The molecule has 6 heteroatoms. The summed E-state index contributed by atoms with van der Waals surface area (Å²) >= 11 is 7.46. The number of rotatable bonds is 10. The number of carbonyl (C=O) groups excluding carboxylic acids is 2. The van der Waals surface area contributed by atoms with E-state index < -0.39 is 6.04 Å². The Balaban J connectivity index is 2.03. The van der Waals surface area contributed by atoms with Crippen molar-refractivity contribution in [1.29, 1.82) is 0 Å². The van der Waals surface area contributed by atoms with Gasteiger partial charge in [0.2, 0.25) is 11.8 Å². The molecule has 0 aliphatic carbocycles. The van der Waals surface area contributed by atoms with E-state index in [1.807, 2.05) is 62.4 Å². The minimum Gasteiger partial charge on any atom is -0.354 e. The van der Waals surface area contributed by atoms with Crippen LogP contribution in [0.25, 0.3) is 0 Å². The smallest absolute Gasteiger partial charge is 0.242 e. The van der Waals surface area contributed by atoms with E-state index in [4.69, 9.17) is 11.6 Å². The second-order valence-electron chi connectivity index (χ2n) is 7.09. The number of thioether (sulfide) groups is 1. The van der Waals surface area contributed by atoms with Gasteiger partial charge in [0.15, 0.2) is 0 Å². The Hall–Kier alpha value is -1.98. The van der Waals surface area contributed by atoms with Crippen molar-refractivity contribution in [2.45, 2.75) is 45.5 Å². The SMILES string of the molecule is CCCNC(=O)[C@H](C)N(Cc1ccc(C)cc1)C(=O)CSCc1ccc(Cl)cc1. The molecule has 0 radical (unpaired) electrons. The van der Waals surface area contributed by atoms with Crippen molar-refractivity contribution in [2.24, 2.45) is 0 Å². The number of benzene rings is 2. The summed E-state index contributed by atoms with van der Waals surface area (Å²) in [5.41, 5.74) is 3.30. The summed E-state index contributed by atoms with van der Waals surface area (Å²) in [7, 11) is 0. The van der Waals surface area contributed by atoms with Gasteiger partial charge in [-0.15, -0.1) is 11.8 Å². The van der Waals surface area contributed by atoms with Gasteiger partial charge >= 0.3 is 0 Å². The highest BCUT2D eigenvalue weighted by atomic mass is 35.5. The van der Waals surface area contributed by atoms with E-state index in [0.29, 0.717) is 23.9 Å². The maximum Gasteiger partial charge on any atom is 0.242 e. The van der Waals surface area contributed by atoms with Gasteiger partial charge in [-0.05, 0) is 43.5 Å². The number of hydrogen-bond donors (Lipinski definition) is 1. The quantitative estimate of drug-likeness (QED) is 0.585. The molecule has 0 fully saturated rings. The zero-order valence-corrected chi connectivity index (χ0v) is 18.9. The first-order valence-electron chi connectivity index (χ1n) is 9.85. The second-order valence-corrected chi connectivity index (χ2v) is 8.52. The number of nitrogens with zero attached hydrogens (tertiary/aromatic N) is 1. The summed E-state index contributed by atoms with van der Waals surface area (Å²) < 4.78 is 0. The van der Waals surface area contributed by atoms with E-state index in [-0.39, 0.29) is 11.8 Å². The molecule has 4 nitrogen and oxygen atoms in total. The molecule has 0 spiro atoms. The molecule has 2 rings (SSSR count). The molecule has 2 amide bonds. The van der Waals surface area contributed by atoms with E-state index in [2.05, 4.69) is 5.32 Å². The van der Waals surface area contributed by atoms with Crippen LogP contribution in [0.4, 0.5) is 0 Å². The summed E-state index contributed by atoms with van der Waals surface area (Å²) in [4.78, 5) is 27.1. The lowest BCUT2D eigenvalue weighted by Gasteiger charge is -2.28. The van der Waals surface area contributed by atoms with E-state index in [1.54, 1.807) is 23.6 Å². The molecule has 1 atom stereocenters. The monoisotopic (exact) mass is 432 g/mol. The molecular formula is C23H29ClN2O2S. The molecule has 2 aromatic carbocycles. The highest BCUT2D eigenvalue weighted by Gasteiger charge is 2.25. The van der Waals surface area contributed by atoms with Gasteiger partial charge in [-0.2, -0.15) is 0 Å². The molecule has 156 valence electrons. The Kier molecular flexibility index (Phi) is 9.55. The van der Waals surface area contributed by atoms with Crippen LogP contribution < -0.4 is 5.32 Å². The maximum atomic E-state index is 13.0. The van der Waals surface area contributed by atoms with Crippen molar-refractivity contribution in [3.05, 3.63) is 70.2 Å². The zero-order chi connectivity index (χ0) is 21.2. The molecule has 0 aliphatic heterocycles. The fourth-order valence-corrected chi connectivity index (χ4v) is 3.79. The number of nitrogens with one attached hydrogen (secondary N) is 1. The van der Waals surface area contributed by atoms with Crippen LogP contribution in [0.15, 0.2) is 48.5 Å². The summed E-state index contributed by atoms with van der Waals surface area (Å²) in [5, 5.41) is 3.60. The van der Waals surface area contributed by atoms with Crippen LogP contribution in [0.2, 0.25) is 5.02 Å². The number of aryl methyl sites for hydroxylation is 1. The summed E-state index contributed by atoms with van der Waals surface area (Å²) in [5.74, 6) is 0.885. The number of carbonyl (C=O) groups is 2. The van der Waals surface area contributed by atoms with Crippen LogP contribution in [0, 0.1) is 6.92 Å². The van der Waals surface area contributed by atoms with Crippen LogP contribution >= 0.6 is 23.4 Å². The van der Waals surface area contributed by atoms with Gasteiger partial charge in [0, 0.05) is 23.9 Å². The van der Waals surface area contributed by atoms with Crippen molar-refractivity contribution in [1.82, 2.24) is 10.2 Å². The third-order valence-electron chi connectivity index (χ3n) is 4.60.